The van der Waals surface area contributed by atoms with Gasteiger partial charge in [0.1, 0.15) is 5.82 Å². The molecule has 1 heterocycles. The molecule has 0 aliphatic heterocycles. The number of rotatable bonds is 7. The first-order valence-corrected chi connectivity index (χ1v) is 6.99. The minimum absolute atomic E-state index is 0.307. The molecule has 0 radical (unpaired) electrons. The summed E-state index contributed by atoms with van der Waals surface area (Å²) in [5.74, 6) is 1.13. The number of nitrogens with one attached hydrogen (secondary N) is 1. The molecule has 1 unspecified atom stereocenters. The number of likely N-dealkylation sites (N-methyl/N-ethyl adjacent to an activating group) is 1. The van der Waals surface area contributed by atoms with Crippen molar-refractivity contribution in [2.75, 3.05) is 20.3 Å². The molecule has 1 N–H and O–H groups in total. The summed E-state index contributed by atoms with van der Waals surface area (Å²) in [7, 11) is 1.97. The highest BCUT2D eigenvalue weighted by atomic mass is 16.5. The lowest BCUT2D eigenvalue weighted by molar-refractivity contribution is 0.124. The third-order valence-corrected chi connectivity index (χ3v) is 3.41. The number of hydrogen-bond acceptors (Lipinski definition) is 3. The van der Waals surface area contributed by atoms with Crippen molar-refractivity contribution in [3.8, 4) is 0 Å². The predicted octanol–water partition coefficient (Wildman–Crippen LogP) is 2.22. The molecule has 19 heavy (non-hydrogen) atoms. The second kappa shape index (κ2) is 6.68. The molecule has 104 valence electrons. The molecule has 0 spiro atoms. The molecular weight excluding hydrogens is 238 g/mol. The van der Waals surface area contributed by atoms with E-state index in [-0.39, 0.29) is 0 Å². The Labute approximate surface area is 114 Å². The van der Waals surface area contributed by atoms with E-state index < -0.39 is 0 Å². The maximum atomic E-state index is 5.51. The quantitative estimate of drug-likeness (QED) is 0.830. The van der Waals surface area contributed by atoms with Crippen molar-refractivity contribution in [3.05, 3.63) is 30.1 Å². The molecule has 1 atom stereocenters. The SMILES string of the molecule is CCOCC(Cc1nc2ccccc2n1CC)NC. The van der Waals surface area contributed by atoms with E-state index in [1.54, 1.807) is 0 Å². The molecule has 0 fully saturated rings. The average molecular weight is 261 g/mol. The number of benzene rings is 1. The Morgan fingerprint density at radius 1 is 1.32 bits per heavy atom. The van der Waals surface area contributed by atoms with Gasteiger partial charge in [-0.15, -0.1) is 0 Å². The highest BCUT2D eigenvalue weighted by molar-refractivity contribution is 5.75. The normalized spacial score (nSPS) is 13.0. The van der Waals surface area contributed by atoms with Crippen LogP contribution in [-0.2, 0) is 17.7 Å². The monoisotopic (exact) mass is 261 g/mol. The van der Waals surface area contributed by atoms with E-state index in [9.17, 15) is 0 Å². The smallest absolute Gasteiger partial charge is 0.111 e. The van der Waals surface area contributed by atoms with Gasteiger partial charge in [0.2, 0.25) is 0 Å². The van der Waals surface area contributed by atoms with E-state index in [0.29, 0.717) is 6.04 Å². The van der Waals surface area contributed by atoms with Crippen LogP contribution >= 0.6 is 0 Å². The van der Waals surface area contributed by atoms with E-state index in [2.05, 4.69) is 35.0 Å². The molecule has 0 saturated carbocycles. The van der Waals surface area contributed by atoms with E-state index in [1.807, 2.05) is 20.0 Å². The van der Waals surface area contributed by atoms with Crippen LogP contribution in [0.15, 0.2) is 24.3 Å². The number of aryl methyl sites for hydroxylation is 1. The zero-order valence-corrected chi connectivity index (χ0v) is 12.0. The first-order chi connectivity index (χ1) is 9.30. The summed E-state index contributed by atoms with van der Waals surface area (Å²) in [6.07, 6.45) is 0.888. The Morgan fingerprint density at radius 3 is 2.79 bits per heavy atom. The van der Waals surface area contributed by atoms with Crippen LogP contribution in [0.25, 0.3) is 11.0 Å². The van der Waals surface area contributed by atoms with Gasteiger partial charge in [0, 0.05) is 25.6 Å². The van der Waals surface area contributed by atoms with Crippen molar-refractivity contribution in [2.45, 2.75) is 32.9 Å². The van der Waals surface area contributed by atoms with Gasteiger partial charge in [0.05, 0.1) is 17.6 Å². The highest BCUT2D eigenvalue weighted by Crippen LogP contribution is 2.17. The first-order valence-electron chi connectivity index (χ1n) is 6.99. The molecule has 4 heteroatoms. The largest absolute Gasteiger partial charge is 0.380 e. The maximum absolute atomic E-state index is 5.51. The third-order valence-electron chi connectivity index (χ3n) is 3.41. The fourth-order valence-electron chi connectivity index (χ4n) is 2.36. The first kappa shape index (κ1) is 14.0. The lowest BCUT2D eigenvalue weighted by atomic mass is 10.2. The van der Waals surface area contributed by atoms with Crippen LogP contribution in [0.3, 0.4) is 0 Å². The number of imidazole rings is 1. The van der Waals surface area contributed by atoms with Crippen molar-refractivity contribution < 1.29 is 4.74 Å². The van der Waals surface area contributed by atoms with Crippen LogP contribution in [0.1, 0.15) is 19.7 Å². The van der Waals surface area contributed by atoms with E-state index in [0.717, 1.165) is 37.5 Å². The van der Waals surface area contributed by atoms with Gasteiger partial charge < -0.3 is 14.6 Å². The second-order valence-corrected chi connectivity index (χ2v) is 4.61. The van der Waals surface area contributed by atoms with Crippen molar-refractivity contribution in [1.29, 1.82) is 0 Å². The molecular formula is C15H23N3O. The summed E-state index contributed by atoms with van der Waals surface area (Å²) in [4.78, 5) is 4.75. The van der Waals surface area contributed by atoms with Gasteiger partial charge >= 0.3 is 0 Å². The Morgan fingerprint density at radius 2 is 2.11 bits per heavy atom. The van der Waals surface area contributed by atoms with Crippen LogP contribution in [0.2, 0.25) is 0 Å². The topological polar surface area (TPSA) is 39.1 Å². The van der Waals surface area contributed by atoms with Crippen LogP contribution in [0.4, 0.5) is 0 Å². The number of para-hydroxylation sites is 2. The summed E-state index contributed by atoms with van der Waals surface area (Å²) in [6, 6.07) is 8.61. The molecule has 0 bridgehead atoms. The van der Waals surface area contributed by atoms with Crippen molar-refractivity contribution in [3.63, 3.8) is 0 Å². The van der Waals surface area contributed by atoms with Gasteiger partial charge in [0.15, 0.2) is 0 Å². The van der Waals surface area contributed by atoms with Crippen LogP contribution in [0, 0.1) is 0 Å². The molecule has 2 aromatic rings. The van der Waals surface area contributed by atoms with Gasteiger partial charge in [-0.25, -0.2) is 4.98 Å². The summed E-state index contributed by atoms with van der Waals surface area (Å²) in [6.45, 7) is 6.60. The predicted molar refractivity (Wildman–Crippen MR) is 78.5 cm³/mol. The molecule has 0 aliphatic carbocycles. The van der Waals surface area contributed by atoms with Gasteiger partial charge in [-0.2, -0.15) is 0 Å². The fraction of sp³-hybridized carbons (Fsp3) is 0.533. The summed E-state index contributed by atoms with van der Waals surface area (Å²) in [5, 5.41) is 3.30. The molecule has 4 nitrogen and oxygen atoms in total. The molecule has 0 saturated heterocycles. The standard InChI is InChI=1S/C15H23N3O/c1-4-18-14-9-7-6-8-13(14)17-15(18)10-12(16-3)11-19-5-2/h6-9,12,16H,4-5,10-11H2,1-3H3. The van der Waals surface area contributed by atoms with Crippen molar-refractivity contribution in [1.82, 2.24) is 14.9 Å². The number of hydrogen-bond donors (Lipinski definition) is 1. The molecule has 2 rings (SSSR count). The minimum atomic E-state index is 0.307. The third kappa shape index (κ3) is 3.14. The lowest BCUT2D eigenvalue weighted by Gasteiger charge is -2.16. The number of ether oxygens (including phenoxy) is 1. The highest BCUT2D eigenvalue weighted by Gasteiger charge is 2.14. The Hall–Kier alpha value is -1.39. The molecule has 0 amide bonds. The van der Waals surface area contributed by atoms with E-state index in [4.69, 9.17) is 9.72 Å². The molecule has 1 aromatic heterocycles. The molecule has 1 aromatic carbocycles. The van der Waals surface area contributed by atoms with Gasteiger partial charge in [-0.3, -0.25) is 0 Å². The van der Waals surface area contributed by atoms with E-state index in [1.165, 1.54) is 5.52 Å². The van der Waals surface area contributed by atoms with Gasteiger partial charge in [-0.05, 0) is 33.0 Å². The average Bonchev–Trinajstić information content (AvgIpc) is 2.80. The molecule has 0 aliphatic rings. The summed E-state index contributed by atoms with van der Waals surface area (Å²) < 4.78 is 7.79. The fourth-order valence-corrected chi connectivity index (χ4v) is 2.36. The van der Waals surface area contributed by atoms with E-state index >= 15 is 0 Å². The Kier molecular flexibility index (Phi) is 4.93. The van der Waals surface area contributed by atoms with Crippen LogP contribution < -0.4 is 5.32 Å². The zero-order valence-electron chi connectivity index (χ0n) is 12.0. The number of nitrogens with zero attached hydrogens (tertiary/aromatic N) is 2. The summed E-state index contributed by atoms with van der Waals surface area (Å²) in [5.41, 5.74) is 2.29. The van der Waals surface area contributed by atoms with Crippen LogP contribution in [0.5, 0.6) is 0 Å². The Balaban J connectivity index is 2.23. The van der Waals surface area contributed by atoms with Crippen molar-refractivity contribution in [2.24, 2.45) is 0 Å². The number of fused-ring (bicyclic) bond motifs is 1. The van der Waals surface area contributed by atoms with Crippen LogP contribution in [-0.4, -0.2) is 35.9 Å². The number of aromatic nitrogens is 2. The summed E-state index contributed by atoms with van der Waals surface area (Å²) >= 11 is 0. The zero-order chi connectivity index (χ0) is 13.7. The van der Waals surface area contributed by atoms with Crippen molar-refractivity contribution >= 4 is 11.0 Å². The maximum Gasteiger partial charge on any atom is 0.111 e. The minimum Gasteiger partial charge on any atom is -0.380 e. The van der Waals surface area contributed by atoms with Gasteiger partial charge in [-0.1, -0.05) is 12.1 Å². The van der Waals surface area contributed by atoms with Gasteiger partial charge in [0.25, 0.3) is 0 Å². The second-order valence-electron chi connectivity index (χ2n) is 4.61. The lowest BCUT2D eigenvalue weighted by Crippen LogP contribution is -2.33. The Bertz CT molecular complexity index is 521.